The van der Waals surface area contributed by atoms with Gasteiger partial charge in [-0.25, -0.2) is 14.6 Å². The third kappa shape index (κ3) is 5.88. The van der Waals surface area contributed by atoms with Crippen molar-refractivity contribution in [2.24, 2.45) is 4.99 Å². The van der Waals surface area contributed by atoms with Gasteiger partial charge in [-0.3, -0.25) is 9.36 Å². The van der Waals surface area contributed by atoms with E-state index in [0.29, 0.717) is 32.1 Å². The summed E-state index contributed by atoms with van der Waals surface area (Å²) in [6, 6.07) is 25.8. The molecule has 0 N–H and O–H groups in total. The van der Waals surface area contributed by atoms with E-state index in [4.69, 9.17) is 18.6 Å². The van der Waals surface area contributed by atoms with Gasteiger partial charge in [0.15, 0.2) is 4.80 Å². The fourth-order valence-electron chi connectivity index (χ4n) is 4.82. The Kier molecular flexibility index (Phi) is 8.07. The number of aromatic nitrogens is 1. The fourth-order valence-corrected chi connectivity index (χ4v) is 5.87. The van der Waals surface area contributed by atoms with Gasteiger partial charge in [0.2, 0.25) is 5.76 Å². The van der Waals surface area contributed by atoms with Crippen LogP contribution in [0.4, 0.5) is 0 Å². The molecule has 5 aromatic rings. The number of carbonyl (C=O) groups is 2. The number of carbonyl (C=O) groups excluding carboxylic acids is 2. The van der Waals surface area contributed by atoms with E-state index in [-0.39, 0.29) is 29.2 Å². The lowest BCUT2D eigenvalue weighted by Crippen LogP contribution is -2.39. The summed E-state index contributed by atoms with van der Waals surface area (Å²) in [5, 5.41) is 0. The van der Waals surface area contributed by atoms with Crippen LogP contribution < -0.4 is 24.4 Å². The fraction of sp³-hybridized carbons (Fsp3) is 0.118. The van der Waals surface area contributed by atoms with Gasteiger partial charge < -0.3 is 18.6 Å². The maximum atomic E-state index is 14.0. The molecule has 0 saturated heterocycles. The summed E-state index contributed by atoms with van der Waals surface area (Å²) in [6.45, 7) is 3.60. The van der Waals surface area contributed by atoms with E-state index < -0.39 is 18.0 Å². The number of ether oxygens (including phenoxy) is 3. The number of hydrogen-bond acceptors (Lipinski definition) is 9. The summed E-state index contributed by atoms with van der Waals surface area (Å²) in [6.07, 6.45) is 3.16. The Balaban J connectivity index is 1.38. The monoisotopic (exact) mass is 606 g/mol. The number of benzene rings is 3. The molecule has 6 rings (SSSR count). The minimum absolute atomic E-state index is 0.0709. The van der Waals surface area contributed by atoms with E-state index >= 15 is 0 Å². The third-order valence-electron chi connectivity index (χ3n) is 6.78. The Morgan fingerprint density at radius 1 is 0.932 bits per heavy atom. The van der Waals surface area contributed by atoms with E-state index in [1.165, 1.54) is 28.2 Å². The lowest BCUT2D eigenvalue weighted by atomic mass is 9.96. The largest absolute Gasteiger partial charge is 0.463 e. The Labute approximate surface area is 255 Å². The first-order valence-electron chi connectivity index (χ1n) is 13.8. The van der Waals surface area contributed by atoms with E-state index in [0.717, 1.165) is 5.56 Å². The highest BCUT2D eigenvalue weighted by atomic mass is 32.1. The molecule has 0 radical (unpaired) electrons. The van der Waals surface area contributed by atoms with Crippen molar-refractivity contribution in [3.05, 3.63) is 145 Å². The molecule has 1 aliphatic rings. The number of para-hydroxylation sites is 1. The standard InChI is InChI=1S/C34H26N2O7S/c1-3-40-33(39)29-21(2)35-34-36(30(29)23-14-16-25(17-15-23)43-32(38)27-13-8-18-41-27)31(37)28(44-34)20-22-9-7-12-26(19-22)42-24-10-5-4-6-11-24/h4-20,30H,3H2,1-2H3/b28-20+/t30-/m1/s1. The van der Waals surface area contributed by atoms with E-state index in [9.17, 15) is 14.4 Å². The highest BCUT2D eigenvalue weighted by Crippen LogP contribution is 2.32. The van der Waals surface area contributed by atoms with Crippen LogP contribution in [0.3, 0.4) is 0 Å². The molecule has 10 heteroatoms. The van der Waals surface area contributed by atoms with Crippen LogP contribution >= 0.6 is 11.3 Å². The number of nitrogens with zero attached hydrogens (tertiary/aromatic N) is 2. The van der Waals surface area contributed by atoms with E-state index in [1.807, 2.05) is 54.6 Å². The maximum absolute atomic E-state index is 14.0. The molecule has 1 atom stereocenters. The van der Waals surface area contributed by atoms with Gasteiger partial charge in [0.25, 0.3) is 5.56 Å². The van der Waals surface area contributed by atoms with Crippen LogP contribution in [0.15, 0.2) is 123 Å². The van der Waals surface area contributed by atoms with Crippen LogP contribution in [0.2, 0.25) is 0 Å². The summed E-state index contributed by atoms with van der Waals surface area (Å²) in [4.78, 5) is 44.5. The van der Waals surface area contributed by atoms with Crippen molar-refractivity contribution in [1.82, 2.24) is 4.57 Å². The lowest BCUT2D eigenvalue weighted by molar-refractivity contribution is -0.139. The van der Waals surface area contributed by atoms with Gasteiger partial charge in [-0.1, -0.05) is 53.8 Å². The van der Waals surface area contributed by atoms with Crippen molar-refractivity contribution in [3.8, 4) is 17.2 Å². The quantitative estimate of drug-likeness (QED) is 0.172. The van der Waals surface area contributed by atoms with Crippen molar-refractivity contribution in [3.63, 3.8) is 0 Å². The topological polar surface area (TPSA) is 109 Å². The molecule has 0 amide bonds. The smallest absolute Gasteiger partial charge is 0.379 e. The van der Waals surface area contributed by atoms with Crippen LogP contribution in [0.25, 0.3) is 6.08 Å². The Bertz CT molecular complexity index is 2040. The Morgan fingerprint density at radius 3 is 2.43 bits per heavy atom. The van der Waals surface area contributed by atoms with Crippen LogP contribution in [0.1, 0.15) is 41.6 Å². The number of hydrogen-bond donors (Lipinski definition) is 0. The predicted molar refractivity (Wildman–Crippen MR) is 163 cm³/mol. The predicted octanol–water partition coefficient (Wildman–Crippen LogP) is 5.40. The second-order valence-corrected chi connectivity index (χ2v) is 10.7. The summed E-state index contributed by atoms with van der Waals surface area (Å²) < 4.78 is 23.8. The highest BCUT2D eigenvalue weighted by molar-refractivity contribution is 7.07. The Hall–Kier alpha value is -5.48. The second kappa shape index (κ2) is 12.4. The van der Waals surface area contributed by atoms with Gasteiger partial charge in [0.1, 0.15) is 17.2 Å². The Morgan fingerprint density at radius 2 is 1.70 bits per heavy atom. The first-order valence-corrected chi connectivity index (χ1v) is 14.6. The average molecular weight is 607 g/mol. The number of allylic oxidation sites excluding steroid dienone is 1. The molecule has 9 nitrogen and oxygen atoms in total. The summed E-state index contributed by atoms with van der Waals surface area (Å²) in [7, 11) is 0. The van der Waals surface area contributed by atoms with Crippen molar-refractivity contribution in [2.45, 2.75) is 19.9 Å². The molecule has 44 heavy (non-hydrogen) atoms. The molecular weight excluding hydrogens is 580 g/mol. The van der Waals surface area contributed by atoms with Gasteiger partial charge in [-0.05, 0) is 79.6 Å². The number of thiazole rings is 1. The molecule has 3 aromatic carbocycles. The molecule has 0 saturated carbocycles. The highest BCUT2D eigenvalue weighted by Gasteiger charge is 2.33. The van der Waals surface area contributed by atoms with E-state index in [2.05, 4.69) is 4.99 Å². The van der Waals surface area contributed by atoms with Crippen molar-refractivity contribution in [1.29, 1.82) is 0 Å². The molecule has 220 valence electrons. The van der Waals surface area contributed by atoms with Crippen LogP contribution in [-0.4, -0.2) is 23.1 Å². The zero-order valence-corrected chi connectivity index (χ0v) is 24.6. The van der Waals surface area contributed by atoms with Gasteiger partial charge in [-0.2, -0.15) is 0 Å². The zero-order chi connectivity index (χ0) is 30.6. The van der Waals surface area contributed by atoms with Crippen molar-refractivity contribution < 1.29 is 28.2 Å². The van der Waals surface area contributed by atoms with Gasteiger partial charge in [0.05, 0.1) is 34.7 Å². The molecule has 2 aromatic heterocycles. The van der Waals surface area contributed by atoms with E-state index in [1.54, 1.807) is 50.3 Å². The van der Waals surface area contributed by atoms with Crippen LogP contribution in [0.5, 0.6) is 17.2 Å². The lowest BCUT2D eigenvalue weighted by Gasteiger charge is -2.24. The van der Waals surface area contributed by atoms with Crippen LogP contribution in [-0.2, 0) is 9.53 Å². The number of furan rings is 1. The van der Waals surface area contributed by atoms with Gasteiger partial charge in [0, 0.05) is 0 Å². The number of esters is 2. The number of rotatable bonds is 8. The first kappa shape index (κ1) is 28.6. The summed E-state index contributed by atoms with van der Waals surface area (Å²) >= 11 is 1.23. The normalized spacial score (nSPS) is 14.5. The molecule has 0 spiro atoms. The maximum Gasteiger partial charge on any atom is 0.379 e. The second-order valence-electron chi connectivity index (χ2n) is 9.73. The minimum atomic E-state index is -0.810. The number of fused-ring (bicyclic) bond motifs is 1. The minimum Gasteiger partial charge on any atom is -0.463 e. The van der Waals surface area contributed by atoms with Gasteiger partial charge in [-0.15, -0.1) is 0 Å². The zero-order valence-electron chi connectivity index (χ0n) is 23.8. The van der Waals surface area contributed by atoms with Crippen LogP contribution in [0, 0.1) is 0 Å². The molecular formula is C34H26N2O7S. The average Bonchev–Trinajstić information content (AvgIpc) is 3.66. The molecule has 0 bridgehead atoms. The van der Waals surface area contributed by atoms with Crippen molar-refractivity contribution >= 4 is 29.4 Å². The SMILES string of the molecule is CCOC(=O)C1=C(C)N=c2s/c(=C/c3cccc(Oc4ccccc4)c3)c(=O)n2[C@@H]1c1ccc(OC(=O)c2ccco2)cc1. The molecule has 3 heterocycles. The molecule has 0 unspecified atom stereocenters. The van der Waals surface area contributed by atoms with Gasteiger partial charge >= 0.3 is 11.9 Å². The molecule has 0 aliphatic carbocycles. The summed E-state index contributed by atoms with van der Waals surface area (Å²) in [5.74, 6) is 0.473. The first-order chi connectivity index (χ1) is 21.4. The molecule has 1 aliphatic heterocycles. The summed E-state index contributed by atoms with van der Waals surface area (Å²) in [5.41, 5.74) is 1.78. The third-order valence-corrected chi connectivity index (χ3v) is 7.76. The molecule has 0 fully saturated rings. The van der Waals surface area contributed by atoms with Crippen molar-refractivity contribution in [2.75, 3.05) is 6.61 Å².